The average Bonchev–Trinajstić information content (AvgIpc) is 2.14. The van der Waals surface area contributed by atoms with E-state index in [0.29, 0.717) is 5.84 Å². The molecule has 3 N–H and O–H groups in total. The van der Waals surface area contributed by atoms with Crippen LogP contribution < -0.4 is 15.9 Å². The quantitative estimate of drug-likeness (QED) is 0.220. The molecule has 1 aliphatic heterocycles. The summed E-state index contributed by atoms with van der Waals surface area (Å²) in [7, 11) is 0. The van der Waals surface area contributed by atoms with Crippen molar-refractivity contribution in [1.29, 1.82) is 0 Å². The zero-order chi connectivity index (χ0) is 5.11. The lowest BCUT2D eigenvalue weighted by Crippen LogP contribution is -2.29. The Hall–Kier alpha value is -1.05. The lowest BCUT2D eigenvalue weighted by Gasteiger charge is -1.73. The molecule has 0 unspecified atom stereocenters. The number of rotatable bonds is 0. The SMILES string of the molecule is NNC1=[N+]=CC=C1. The van der Waals surface area contributed by atoms with Crippen molar-refractivity contribution < 1.29 is 0 Å². The second-order valence-corrected chi connectivity index (χ2v) is 1.17. The normalized spacial score (nSPS) is 14.7. The molecule has 0 aliphatic carbocycles. The Kier molecular flexibility index (Phi) is 0.941. The monoisotopic (exact) mass is 96.1 g/mol. The Labute approximate surface area is 41.2 Å². The number of allylic oxidation sites excluding steroid dienone is 1. The first-order chi connectivity index (χ1) is 3.43. The van der Waals surface area contributed by atoms with Crippen molar-refractivity contribution in [3.63, 3.8) is 0 Å². The molecule has 0 bridgehead atoms. The Morgan fingerprint density at radius 1 is 1.71 bits per heavy atom. The van der Waals surface area contributed by atoms with Gasteiger partial charge in [0.2, 0.25) is 0 Å². The predicted octanol–water partition coefficient (Wildman–Crippen LogP) is -1.44. The van der Waals surface area contributed by atoms with Crippen molar-refractivity contribution in [2.24, 2.45) is 5.84 Å². The van der Waals surface area contributed by atoms with Crippen molar-refractivity contribution >= 4 is 12.1 Å². The van der Waals surface area contributed by atoms with Crippen LogP contribution >= 0.6 is 0 Å². The summed E-state index contributed by atoms with van der Waals surface area (Å²) in [5, 5.41) is 0. The highest BCUT2D eigenvalue weighted by Gasteiger charge is 1.99. The van der Waals surface area contributed by atoms with E-state index in [-0.39, 0.29) is 0 Å². The summed E-state index contributed by atoms with van der Waals surface area (Å²) in [5.41, 5.74) is 2.40. The van der Waals surface area contributed by atoms with Crippen LogP contribution in [0.5, 0.6) is 0 Å². The molecule has 0 spiro atoms. The van der Waals surface area contributed by atoms with Gasteiger partial charge in [0, 0.05) is 6.08 Å². The smallest absolute Gasteiger partial charge is 0.211 e. The van der Waals surface area contributed by atoms with Gasteiger partial charge in [0.15, 0.2) is 6.21 Å². The van der Waals surface area contributed by atoms with Crippen molar-refractivity contribution in [3.05, 3.63) is 12.2 Å². The predicted molar refractivity (Wildman–Crippen MR) is 29.7 cm³/mol. The Balaban J connectivity index is 2.72. The van der Waals surface area contributed by atoms with Crippen LogP contribution in [0, 0.1) is 0 Å². The summed E-state index contributed by atoms with van der Waals surface area (Å²) in [5.74, 6) is 5.69. The maximum absolute atomic E-state index is 4.98. The van der Waals surface area contributed by atoms with E-state index in [9.17, 15) is 0 Å². The number of amidine groups is 1. The van der Waals surface area contributed by atoms with Crippen molar-refractivity contribution in [2.45, 2.75) is 0 Å². The molecule has 0 radical (unpaired) electrons. The molecule has 0 aromatic heterocycles. The van der Waals surface area contributed by atoms with Gasteiger partial charge in [0.05, 0.1) is 6.08 Å². The highest BCUT2D eigenvalue weighted by Crippen LogP contribution is 1.69. The van der Waals surface area contributed by atoms with Crippen LogP contribution in [0.25, 0.3) is 0 Å². The molecule has 1 heterocycles. The lowest BCUT2D eigenvalue weighted by atomic mass is 10.5. The third-order valence-corrected chi connectivity index (χ3v) is 0.702. The topological polar surface area (TPSA) is 52.1 Å². The second kappa shape index (κ2) is 1.60. The highest BCUT2D eigenvalue weighted by molar-refractivity contribution is 6.01. The summed E-state index contributed by atoms with van der Waals surface area (Å²) >= 11 is 0. The van der Waals surface area contributed by atoms with E-state index in [2.05, 4.69) is 10.1 Å². The van der Waals surface area contributed by atoms with Gasteiger partial charge >= 0.3 is 5.84 Å². The molecule has 3 heteroatoms. The second-order valence-electron chi connectivity index (χ2n) is 1.17. The van der Waals surface area contributed by atoms with E-state index < -0.39 is 0 Å². The minimum absolute atomic E-state index is 0.708. The molecule has 0 atom stereocenters. The van der Waals surface area contributed by atoms with Crippen molar-refractivity contribution in [2.75, 3.05) is 0 Å². The Morgan fingerprint density at radius 3 is 2.86 bits per heavy atom. The van der Waals surface area contributed by atoms with Crippen LogP contribution in [0.4, 0.5) is 0 Å². The van der Waals surface area contributed by atoms with Gasteiger partial charge in [0.25, 0.3) is 0 Å². The van der Waals surface area contributed by atoms with Gasteiger partial charge in [-0.05, 0) is 0 Å². The number of hydrogen-bond donors (Lipinski definition) is 2. The van der Waals surface area contributed by atoms with Crippen molar-refractivity contribution in [3.8, 4) is 0 Å². The van der Waals surface area contributed by atoms with Gasteiger partial charge in [-0.25, -0.2) is 4.67 Å². The first kappa shape index (κ1) is 4.12. The molecule has 1 rings (SSSR count). The van der Waals surface area contributed by atoms with Crippen LogP contribution in [-0.4, -0.2) is 12.1 Å². The first-order valence-corrected chi connectivity index (χ1v) is 1.98. The molecule has 1 aliphatic rings. The van der Waals surface area contributed by atoms with Crippen LogP contribution in [0.15, 0.2) is 12.2 Å². The van der Waals surface area contributed by atoms with Crippen LogP contribution in [0.1, 0.15) is 0 Å². The molecule has 7 heavy (non-hydrogen) atoms. The molecule has 0 aromatic rings. The number of nitrogens with one attached hydrogen (secondary N) is 1. The molecule has 0 amide bonds. The van der Waals surface area contributed by atoms with E-state index >= 15 is 0 Å². The molecule has 0 aromatic carbocycles. The van der Waals surface area contributed by atoms with Crippen molar-refractivity contribution in [1.82, 2.24) is 10.1 Å². The fraction of sp³-hybridized carbons (Fsp3) is 0. The number of hydrogen-bond acceptors (Lipinski definition) is 2. The number of hydrazine groups is 1. The van der Waals surface area contributed by atoms with E-state index in [1.54, 1.807) is 12.3 Å². The van der Waals surface area contributed by atoms with Gasteiger partial charge in [-0.2, -0.15) is 11.3 Å². The van der Waals surface area contributed by atoms with Gasteiger partial charge < -0.3 is 0 Å². The average molecular weight is 96.1 g/mol. The highest BCUT2D eigenvalue weighted by atomic mass is 15.2. The summed E-state index contributed by atoms with van der Waals surface area (Å²) in [6, 6.07) is 0. The van der Waals surface area contributed by atoms with Gasteiger partial charge in [-0.1, -0.05) is 0 Å². The summed E-state index contributed by atoms with van der Waals surface area (Å²) in [6.45, 7) is 0. The molecular weight excluding hydrogens is 90.1 g/mol. The molecule has 0 fully saturated rings. The number of nitrogens with zero attached hydrogens (tertiary/aromatic N) is 1. The van der Waals surface area contributed by atoms with Crippen LogP contribution in [0.3, 0.4) is 0 Å². The molecule has 3 nitrogen and oxygen atoms in total. The van der Waals surface area contributed by atoms with E-state index in [0.717, 1.165) is 0 Å². The Bertz CT molecular complexity index is 150. The fourth-order valence-corrected chi connectivity index (χ4v) is 0.386. The molecule has 0 saturated heterocycles. The zero-order valence-corrected chi connectivity index (χ0v) is 3.76. The van der Waals surface area contributed by atoms with Gasteiger partial charge in [-0.15, -0.1) is 0 Å². The van der Waals surface area contributed by atoms with Crippen LogP contribution in [-0.2, 0) is 0 Å². The standard InChI is InChI=1S/C4H5N3/c5-7-4-2-1-3-6-4/h1-3H,(H2,5,6)/p+1. The molecule has 0 saturated carbocycles. The van der Waals surface area contributed by atoms with E-state index in [1.807, 2.05) is 6.08 Å². The molecular formula is C4H6N3+. The maximum Gasteiger partial charge on any atom is 0.385 e. The molecule has 36 valence electrons. The summed E-state index contributed by atoms with van der Waals surface area (Å²) in [6.07, 6.45) is 5.28. The third-order valence-electron chi connectivity index (χ3n) is 0.702. The summed E-state index contributed by atoms with van der Waals surface area (Å²) < 4.78 is 3.80. The zero-order valence-electron chi connectivity index (χ0n) is 3.76. The first-order valence-electron chi connectivity index (χ1n) is 1.98. The summed E-state index contributed by atoms with van der Waals surface area (Å²) in [4.78, 5) is 0. The van der Waals surface area contributed by atoms with Crippen LogP contribution in [0.2, 0.25) is 0 Å². The minimum atomic E-state index is 0.708. The Morgan fingerprint density at radius 2 is 2.57 bits per heavy atom. The third kappa shape index (κ3) is 0.682. The van der Waals surface area contributed by atoms with E-state index in [4.69, 9.17) is 5.84 Å². The van der Waals surface area contributed by atoms with Gasteiger partial charge in [0.1, 0.15) is 0 Å². The van der Waals surface area contributed by atoms with E-state index in [1.165, 1.54) is 0 Å². The number of nitrogens with two attached hydrogens (primary N) is 1. The minimum Gasteiger partial charge on any atom is -0.211 e. The van der Waals surface area contributed by atoms with Gasteiger partial charge in [-0.3, -0.25) is 0 Å². The fourth-order valence-electron chi connectivity index (χ4n) is 0.386. The lowest BCUT2D eigenvalue weighted by molar-refractivity contribution is 1.03. The largest absolute Gasteiger partial charge is 0.385 e. The maximum atomic E-state index is 4.98.